The molecule has 0 saturated carbocycles. The molecule has 2 N–H and O–H groups in total. The van der Waals surface area contributed by atoms with Crippen LogP contribution in [0.25, 0.3) is 0 Å². The van der Waals surface area contributed by atoms with Crippen molar-refractivity contribution in [1.29, 1.82) is 0 Å². The number of benzene rings is 2. The van der Waals surface area contributed by atoms with Gasteiger partial charge in [-0.05, 0) is 38.5 Å². The van der Waals surface area contributed by atoms with E-state index in [0.29, 0.717) is 28.0 Å². The van der Waals surface area contributed by atoms with Gasteiger partial charge in [-0.1, -0.05) is 17.7 Å². The Morgan fingerprint density at radius 1 is 1.05 bits per heavy atom. The van der Waals surface area contributed by atoms with E-state index in [9.17, 15) is 0 Å². The van der Waals surface area contributed by atoms with Gasteiger partial charge in [-0.25, -0.2) is 0 Å². The topological polar surface area (TPSA) is 44.5 Å². The zero-order valence-corrected chi connectivity index (χ0v) is 12.6. The summed E-state index contributed by atoms with van der Waals surface area (Å²) in [6, 6.07) is 10.9. The van der Waals surface area contributed by atoms with Crippen LogP contribution >= 0.6 is 11.6 Å². The van der Waals surface area contributed by atoms with Crippen molar-refractivity contribution >= 4 is 17.3 Å². The molecule has 0 unspecified atom stereocenters. The van der Waals surface area contributed by atoms with Crippen LogP contribution in [0.2, 0.25) is 5.02 Å². The second-order valence-electron chi connectivity index (χ2n) is 4.94. The SMILES string of the molecule is Cc1ccc(Cl)c(Oc2cc(N)cc(OC(C)C)c2)c1. The summed E-state index contributed by atoms with van der Waals surface area (Å²) in [7, 11) is 0. The molecule has 106 valence electrons. The van der Waals surface area contributed by atoms with Crippen molar-refractivity contribution in [2.24, 2.45) is 0 Å². The van der Waals surface area contributed by atoms with Gasteiger partial charge in [0.15, 0.2) is 0 Å². The van der Waals surface area contributed by atoms with E-state index in [4.69, 9.17) is 26.8 Å². The molecule has 0 atom stereocenters. The first-order valence-electron chi connectivity index (χ1n) is 6.45. The van der Waals surface area contributed by atoms with E-state index in [1.54, 1.807) is 18.2 Å². The second-order valence-corrected chi connectivity index (χ2v) is 5.35. The van der Waals surface area contributed by atoms with Gasteiger partial charge >= 0.3 is 0 Å². The van der Waals surface area contributed by atoms with Gasteiger partial charge in [0.2, 0.25) is 0 Å². The summed E-state index contributed by atoms with van der Waals surface area (Å²) in [5, 5.41) is 0.560. The van der Waals surface area contributed by atoms with Crippen molar-refractivity contribution in [2.45, 2.75) is 26.9 Å². The summed E-state index contributed by atoms with van der Waals surface area (Å²) in [5.74, 6) is 1.89. The van der Waals surface area contributed by atoms with E-state index in [1.807, 2.05) is 39.0 Å². The first-order chi connectivity index (χ1) is 9.44. The minimum Gasteiger partial charge on any atom is -0.491 e. The lowest BCUT2D eigenvalue weighted by Crippen LogP contribution is -2.05. The predicted molar refractivity (Wildman–Crippen MR) is 82.9 cm³/mol. The number of hydrogen-bond donors (Lipinski definition) is 1. The minimum absolute atomic E-state index is 0.0761. The van der Waals surface area contributed by atoms with Crippen LogP contribution in [0.4, 0.5) is 5.69 Å². The highest BCUT2D eigenvalue weighted by Crippen LogP contribution is 2.33. The molecule has 0 radical (unpaired) electrons. The van der Waals surface area contributed by atoms with Crippen LogP contribution in [0.5, 0.6) is 17.2 Å². The van der Waals surface area contributed by atoms with Crippen molar-refractivity contribution in [3.05, 3.63) is 47.0 Å². The standard InChI is InChI=1S/C16H18ClNO2/c1-10(2)19-13-7-12(18)8-14(9-13)20-16-6-11(3)4-5-15(16)17/h4-10H,18H2,1-3H3. The number of aryl methyl sites for hydroxylation is 1. The number of hydrogen-bond acceptors (Lipinski definition) is 3. The third kappa shape index (κ3) is 3.81. The maximum absolute atomic E-state index is 6.12. The highest BCUT2D eigenvalue weighted by atomic mass is 35.5. The molecule has 0 spiro atoms. The maximum Gasteiger partial charge on any atom is 0.146 e. The van der Waals surface area contributed by atoms with Crippen molar-refractivity contribution < 1.29 is 9.47 Å². The van der Waals surface area contributed by atoms with Crippen molar-refractivity contribution in [3.8, 4) is 17.2 Å². The summed E-state index contributed by atoms with van der Waals surface area (Å²) in [5.41, 5.74) is 7.52. The third-order valence-electron chi connectivity index (χ3n) is 2.59. The molecule has 2 rings (SSSR count). The normalized spacial score (nSPS) is 10.7. The Balaban J connectivity index is 2.28. The summed E-state index contributed by atoms with van der Waals surface area (Å²) in [4.78, 5) is 0. The van der Waals surface area contributed by atoms with E-state index >= 15 is 0 Å². The first kappa shape index (κ1) is 14.5. The summed E-state index contributed by atoms with van der Waals surface area (Å²) in [6.07, 6.45) is 0.0761. The Morgan fingerprint density at radius 3 is 2.45 bits per heavy atom. The summed E-state index contributed by atoms with van der Waals surface area (Å²) >= 11 is 6.12. The van der Waals surface area contributed by atoms with Gasteiger partial charge in [-0.3, -0.25) is 0 Å². The largest absolute Gasteiger partial charge is 0.491 e. The van der Waals surface area contributed by atoms with E-state index in [-0.39, 0.29) is 6.10 Å². The van der Waals surface area contributed by atoms with Gasteiger partial charge in [-0.2, -0.15) is 0 Å². The number of rotatable bonds is 4. The number of nitrogens with two attached hydrogens (primary N) is 1. The lowest BCUT2D eigenvalue weighted by atomic mass is 10.2. The quantitative estimate of drug-likeness (QED) is 0.822. The molecular formula is C16H18ClNO2. The molecule has 4 heteroatoms. The summed E-state index contributed by atoms with van der Waals surface area (Å²) in [6.45, 7) is 5.90. The van der Waals surface area contributed by atoms with E-state index in [0.717, 1.165) is 5.56 Å². The average molecular weight is 292 g/mol. The monoisotopic (exact) mass is 291 g/mol. The van der Waals surface area contributed by atoms with Crippen molar-refractivity contribution in [1.82, 2.24) is 0 Å². The second kappa shape index (κ2) is 6.06. The van der Waals surface area contributed by atoms with Gasteiger partial charge < -0.3 is 15.2 Å². The lowest BCUT2D eigenvalue weighted by Gasteiger charge is -2.13. The van der Waals surface area contributed by atoms with Crippen LogP contribution in [0.1, 0.15) is 19.4 Å². The molecule has 0 saturated heterocycles. The third-order valence-corrected chi connectivity index (χ3v) is 2.90. The Hall–Kier alpha value is -1.87. The molecule has 0 fully saturated rings. The zero-order valence-electron chi connectivity index (χ0n) is 11.8. The molecule has 0 aromatic heterocycles. The molecule has 0 aliphatic rings. The van der Waals surface area contributed by atoms with E-state index in [2.05, 4.69) is 0 Å². The molecule has 2 aromatic rings. The Morgan fingerprint density at radius 2 is 1.75 bits per heavy atom. The molecule has 0 aliphatic carbocycles. The van der Waals surface area contributed by atoms with Gasteiger partial charge in [0, 0.05) is 23.9 Å². The number of ether oxygens (including phenoxy) is 2. The van der Waals surface area contributed by atoms with Crippen molar-refractivity contribution in [3.63, 3.8) is 0 Å². The number of anilines is 1. The van der Waals surface area contributed by atoms with E-state index < -0.39 is 0 Å². The lowest BCUT2D eigenvalue weighted by molar-refractivity contribution is 0.242. The Kier molecular flexibility index (Phi) is 4.40. The molecule has 0 aliphatic heterocycles. The molecule has 0 bridgehead atoms. The molecular weight excluding hydrogens is 274 g/mol. The highest BCUT2D eigenvalue weighted by molar-refractivity contribution is 6.32. The zero-order chi connectivity index (χ0) is 14.7. The van der Waals surface area contributed by atoms with Gasteiger partial charge in [0.1, 0.15) is 17.2 Å². The molecule has 20 heavy (non-hydrogen) atoms. The van der Waals surface area contributed by atoms with Crippen molar-refractivity contribution in [2.75, 3.05) is 5.73 Å². The summed E-state index contributed by atoms with van der Waals surface area (Å²) < 4.78 is 11.4. The van der Waals surface area contributed by atoms with Crippen LogP contribution in [0.3, 0.4) is 0 Å². The highest BCUT2D eigenvalue weighted by Gasteiger charge is 2.07. The Labute approximate surface area is 124 Å². The van der Waals surface area contributed by atoms with Gasteiger partial charge in [-0.15, -0.1) is 0 Å². The first-order valence-corrected chi connectivity index (χ1v) is 6.83. The minimum atomic E-state index is 0.0761. The number of halogens is 1. The molecule has 3 nitrogen and oxygen atoms in total. The van der Waals surface area contributed by atoms with Crippen LogP contribution < -0.4 is 15.2 Å². The Bertz CT molecular complexity index is 611. The molecule has 2 aromatic carbocycles. The maximum atomic E-state index is 6.12. The van der Waals surface area contributed by atoms with Gasteiger partial charge in [0.05, 0.1) is 11.1 Å². The molecule has 0 amide bonds. The fraction of sp³-hybridized carbons (Fsp3) is 0.250. The fourth-order valence-electron chi connectivity index (χ4n) is 1.81. The van der Waals surface area contributed by atoms with Gasteiger partial charge in [0.25, 0.3) is 0 Å². The average Bonchev–Trinajstić information content (AvgIpc) is 2.32. The fourth-order valence-corrected chi connectivity index (χ4v) is 1.96. The smallest absolute Gasteiger partial charge is 0.146 e. The van der Waals surface area contributed by atoms with Crippen LogP contribution in [-0.4, -0.2) is 6.10 Å². The molecule has 0 heterocycles. The van der Waals surface area contributed by atoms with Crippen LogP contribution in [0, 0.1) is 6.92 Å². The number of nitrogen functional groups attached to an aromatic ring is 1. The predicted octanol–water partition coefficient (Wildman–Crippen LogP) is 4.81. The van der Waals surface area contributed by atoms with Crippen LogP contribution in [0.15, 0.2) is 36.4 Å². The van der Waals surface area contributed by atoms with Crippen LogP contribution in [-0.2, 0) is 0 Å². The van der Waals surface area contributed by atoms with E-state index in [1.165, 1.54) is 0 Å².